The van der Waals surface area contributed by atoms with Crippen molar-refractivity contribution in [2.24, 2.45) is 5.92 Å². The second-order valence-electron chi connectivity index (χ2n) is 5.15. The molecule has 1 amide bonds. The van der Waals surface area contributed by atoms with Gasteiger partial charge in [-0.2, -0.15) is 0 Å². The van der Waals surface area contributed by atoms with Crippen LogP contribution >= 0.6 is 0 Å². The summed E-state index contributed by atoms with van der Waals surface area (Å²) in [6.45, 7) is 1.81. The van der Waals surface area contributed by atoms with Crippen LogP contribution in [0.3, 0.4) is 0 Å². The average molecular weight is 281 g/mol. The van der Waals surface area contributed by atoms with E-state index in [4.69, 9.17) is 4.74 Å². The van der Waals surface area contributed by atoms with Crippen molar-refractivity contribution in [3.8, 4) is 0 Å². The van der Waals surface area contributed by atoms with Crippen molar-refractivity contribution < 1.29 is 19.0 Å². The van der Waals surface area contributed by atoms with Crippen molar-refractivity contribution in [1.82, 2.24) is 4.90 Å². The summed E-state index contributed by atoms with van der Waals surface area (Å²) in [6.07, 6.45) is 0.402. The van der Waals surface area contributed by atoms with Crippen LogP contribution in [0.1, 0.15) is 24.5 Å². The van der Waals surface area contributed by atoms with Gasteiger partial charge in [-0.15, -0.1) is 0 Å². The van der Waals surface area contributed by atoms with Crippen LogP contribution in [0.15, 0.2) is 24.3 Å². The van der Waals surface area contributed by atoms with Gasteiger partial charge in [0.2, 0.25) is 5.91 Å². The van der Waals surface area contributed by atoms with Gasteiger partial charge in [0, 0.05) is 39.1 Å². The lowest BCUT2D eigenvalue weighted by Crippen LogP contribution is -2.27. The van der Waals surface area contributed by atoms with Gasteiger partial charge >= 0.3 is 0 Å². The molecule has 2 atom stereocenters. The molecule has 1 N–H and O–H groups in total. The summed E-state index contributed by atoms with van der Waals surface area (Å²) in [7, 11) is 1.63. The normalized spacial score (nSPS) is 20.4. The summed E-state index contributed by atoms with van der Waals surface area (Å²) in [6, 6.07) is 5.79. The van der Waals surface area contributed by atoms with Crippen LogP contribution in [0.5, 0.6) is 0 Å². The minimum absolute atomic E-state index is 0.0623. The minimum atomic E-state index is -0.730. The molecule has 0 radical (unpaired) electrons. The lowest BCUT2D eigenvalue weighted by molar-refractivity contribution is -0.127. The monoisotopic (exact) mass is 281 g/mol. The van der Waals surface area contributed by atoms with E-state index in [-0.39, 0.29) is 17.6 Å². The van der Waals surface area contributed by atoms with Gasteiger partial charge in [-0.25, -0.2) is 4.39 Å². The molecule has 1 aliphatic rings. The van der Waals surface area contributed by atoms with E-state index in [9.17, 15) is 14.3 Å². The molecule has 4 nitrogen and oxygen atoms in total. The van der Waals surface area contributed by atoms with Gasteiger partial charge in [0.05, 0.1) is 6.10 Å². The van der Waals surface area contributed by atoms with E-state index in [1.807, 2.05) is 0 Å². The number of ether oxygens (including phenoxy) is 1. The van der Waals surface area contributed by atoms with E-state index in [1.165, 1.54) is 12.1 Å². The highest BCUT2D eigenvalue weighted by atomic mass is 19.1. The number of carbonyl (C=O) groups is 1. The first-order chi connectivity index (χ1) is 9.61. The van der Waals surface area contributed by atoms with E-state index in [0.29, 0.717) is 31.7 Å². The zero-order valence-corrected chi connectivity index (χ0v) is 11.6. The molecule has 1 aromatic rings. The summed E-state index contributed by atoms with van der Waals surface area (Å²) >= 11 is 0. The van der Waals surface area contributed by atoms with Gasteiger partial charge in [0.25, 0.3) is 0 Å². The third-order valence-corrected chi connectivity index (χ3v) is 3.68. The maximum Gasteiger partial charge on any atom is 0.223 e. The molecule has 0 aliphatic carbocycles. The molecular weight excluding hydrogens is 261 g/mol. The zero-order chi connectivity index (χ0) is 14.5. The van der Waals surface area contributed by atoms with Gasteiger partial charge in [0.15, 0.2) is 0 Å². The smallest absolute Gasteiger partial charge is 0.223 e. The van der Waals surface area contributed by atoms with E-state index in [0.717, 1.165) is 6.42 Å². The molecule has 1 aliphatic heterocycles. The van der Waals surface area contributed by atoms with Crippen LogP contribution in [0, 0.1) is 11.7 Å². The van der Waals surface area contributed by atoms with Gasteiger partial charge in [-0.05, 0) is 24.1 Å². The first-order valence-corrected chi connectivity index (χ1v) is 6.82. The molecule has 110 valence electrons. The molecule has 0 saturated carbocycles. The summed E-state index contributed by atoms with van der Waals surface area (Å²) in [5, 5.41) is 10.3. The molecule has 1 aromatic carbocycles. The summed E-state index contributed by atoms with van der Waals surface area (Å²) in [5.74, 6) is -0.396. The van der Waals surface area contributed by atoms with Crippen molar-refractivity contribution in [1.29, 1.82) is 0 Å². The molecule has 2 unspecified atom stereocenters. The van der Waals surface area contributed by atoms with Crippen molar-refractivity contribution in [3.05, 3.63) is 35.6 Å². The van der Waals surface area contributed by atoms with Crippen LogP contribution in [0.25, 0.3) is 0 Å². The first-order valence-electron chi connectivity index (χ1n) is 6.82. The van der Waals surface area contributed by atoms with Gasteiger partial charge in [0.1, 0.15) is 5.82 Å². The predicted octanol–water partition coefficient (Wildman–Crippen LogP) is 1.74. The molecule has 1 heterocycles. The van der Waals surface area contributed by atoms with Crippen LogP contribution in [0.2, 0.25) is 0 Å². The van der Waals surface area contributed by atoms with Crippen molar-refractivity contribution >= 4 is 5.91 Å². The predicted molar refractivity (Wildman–Crippen MR) is 72.5 cm³/mol. The number of hydrogen-bond acceptors (Lipinski definition) is 3. The van der Waals surface area contributed by atoms with Gasteiger partial charge in [-0.1, -0.05) is 12.1 Å². The lowest BCUT2D eigenvalue weighted by atomic mass is 9.95. The molecule has 1 saturated heterocycles. The molecular formula is C15H20FNO3. The Hall–Kier alpha value is -1.46. The number of carbonyl (C=O) groups excluding carboxylic acids is 1. The fourth-order valence-corrected chi connectivity index (χ4v) is 2.56. The number of aliphatic hydroxyl groups is 1. The molecule has 20 heavy (non-hydrogen) atoms. The fraction of sp³-hybridized carbons (Fsp3) is 0.533. The number of halogens is 1. The highest BCUT2D eigenvalue weighted by molar-refractivity contribution is 5.78. The van der Waals surface area contributed by atoms with Gasteiger partial charge in [-0.3, -0.25) is 4.79 Å². The molecule has 2 rings (SSSR count). The number of nitrogens with zero attached hydrogens (tertiary/aromatic N) is 1. The number of methoxy groups -OCH3 is 1. The SMILES string of the molecule is COCCCN1CC(C(O)c2ccc(F)cc2)CC1=O. The number of benzene rings is 1. The molecule has 0 aromatic heterocycles. The molecule has 0 bridgehead atoms. The Labute approximate surface area is 118 Å². The Morgan fingerprint density at radius 2 is 2.15 bits per heavy atom. The topological polar surface area (TPSA) is 49.8 Å². The third kappa shape index (κ3) is 3.55. The van der Waals surface area contributed by atoms with E-state index < -0.39 is 6.10 Å². The highest BCUT2D eigenvalue weighted by Crippen LogP contribution is 2.30. The highest BCUT2D eigenvalue weighted by Gasteiger charge is 2.34. The molecule has 1 fully saturated rings. The number of amides is 1. The Morgan fingerprint density at radius 3 is 2.80 bits per heavy atom. The second kappa shape index (κ2) is 6.81. The number of likely N-dealkylation sites (tertiary alicyclic amines) is 1. The summed E-state index contributed by atoms with van der Waals surface area (Å²) < 4.78 is 17.8. The lowest BCUT2D eigenvalue weighted by Gasteiger charge is -2.19. The Bertz CT molecular complexity index is 449. The maximum atomic E-state index is 12.9. The van der Waals surface area contributed by atoms with Crippen molar-refractivity contribution in [3.63, 3.8) is 0 Å². The van der Waals surface area contributed by atoms with Crippen LogP contribution in [-0.4, -0.2) is 42.7 Å². The minimum Gasteiger partial charge on any atom is -0.388 e. The van der Waals surface area contributed by atoms with Crippen molar-refractivity contribution in [2.45, 2.75) is 18.9 Å². The van der Waals surface area contributed by atoms with Crippen molar-refractivity contribution in [2.75, 3.05) is 26.8 Å². The molecule has 0 spiro atoms. The van der Waals surface area contributed by atoms with Crippen LogP contribution < -0.4 is 0 Å². The maximum absolute atomic E-state index is 12.9. The second-order valence-corrected chi connectivity index (χ2v) is 5.15. The van der Waals surface area contributed by atoms with Gasteiger partial charge < -0.3 is 14.7 Å². The zero-order valence-electron chi connectivity index (χ0n) is 11.6. The average Bonchev–Trinajstić information content (AvgIpc) is 2.81. The van der Waals surface area contributed by atoms with E-state index >= 15 is 0 Å². The number of rotatable bonds is 6. The Balaban J connectivity index is 1.93. The van der Waals surface area contributed by atoms with Crippen LogP contribution in [0.4, 0.5) is 4.39 Å². The molecule has 5 heteroatoms. The quantitative estimate of drug-likeness (QED) is 0.808. The summed E-state index contributed by atoms with van der Waals surface area (Å²) in [5.41, 5.74) is 0.656. The Morgan fingerprint density at radius 1 is 1.45 bits per heavy atom. The largest absolute Gasteiger partial charge is 0.388 e. The third-order valence-electron chi connectivity index (χ3n) is 3.68. The Kier molecular flexibility index (Phi) is 5.09. The fourth-order valence-electron chi connectivity index (χ4n) is 2.56. The standard InChI is InChI=1S/C15H20FNO3/c1-20-8-2-7-17-10-12(9-14(17)18)15(19)11-3-5-13(16)6-4-11/h3-6,12,15,19H,2,7-10H2,1H3. The van der Waals surface area contributed by atoms with Crippen LogP contribution in [-0.2, 0) is 9.53 Å². The van der Waals surface area contributed by atoms with E-state index in [2.05, 4.69) is 0 Å². The number of aliphatic hydroxyl groups excluding tert-OH is 1. The van der Waals surface area contributed by atoms with E-state index in [1.54, 1.807) is 24.1 Å². The first kappa shape index (κ1) is 14.9. The number of hydrogen-bond donors (Lipinski definition) is 1. The summed E-state index contributed by atoms with van der Waals surface area (Å²) in [4.78, 5) is 13.6.